The van der Waals surface area contributed by atoms with Crippen molar-refractivity contribution in [3.63, 3.8) is 0 Å². The van der Waals surface area contributed by atoms with Crippen LogP contribution in [-0.2, 0) is 0 Å². The lowest BCUT2D eigenvalue weighted by Gasteiger charge is -2.36. The van der Waals surface area contributed by atoms with Crippen LogP contribution < -0.4 is 9.47 Å². The highest BCUT2D eigenvalue weighted by atomic mass is 16.5. The average Bonchev–Trinajstić information content (AvgIpc) is 2.18. The zero-order valence-corrected chi connectivity index (χ0v) is 8.93. The number of para-hydroxylation sites is 1. The van der Waals surface area contributed by atoms with Crippen molar-refractivity contribution in [2.75, 3.05) is 27.2 Å². The van der Waals surface area contributed by atoms with Gasteiger partial charge in [-0.2, -0.15) is 0 Å². The van der Waals surface area contributed by atoms with E-state index in [9.17, 15) is 5.11 Å². The van der Waals surface area contributed by atoms with E-state index in [-0.39, 0.29) is 11.9 Å². The fourth-order valence-electron chi connectivity index (χ4n) is 1.67. The van der Waals surface area contributed by atoms with Gasteiger partial charge in [0.05, 0.1) is 7.11 Å². The molecule has 0 aliphatic carbocycles. The highest BCUT2D eigenvalue weighted by Crippen LogP contribution is 2.37. The maximum atomic E-state index is 9.64. The van der Waals surface area contributed by atoms with Gasteiger partial charge in [0.1, 0.15) is 6.10 Å². The number of likely N-dealkylation sites (tertiary alicyclic amines) is 1. The van der Waals surface area contributed by atoms with Crippen molar-refractivity contribution in [2.45, 2.75) is 6.10 Å². The number of likely N-dealkylation sites (N-methyl/N-ethyl adjacent to an activating group) is 1. The molecule has 1 N–H and O–H groups in total. The first kappa shape index (κ1) is 10.1. The van der Waals surface area contributed by atoms with Crippen molar-refractivity contribution in [1.29, 1.82) is 0 Å². The first-order chi connectivity index (χ1) is 7.20. The number of benzene rings is 1. The Morgan fingerprint density at radius 1 is 1.40 bits per heavy atom. The van der Waals surface area contributed by atoms with Crippen molar-refractivity contribution in [2.24, 2.45) is 0 Å². The van der Waals surface area contributed by atoms with Gasteiger partial charge in [0.25, 0.3) is 0 Å². The molecule has 0 saturated carbocycles. The van der Waals surface area contributed by atoms with Crippen LogP contribution in [0, 0.1) is 0 Å². The van der Waals surface area contributed by atoms with Crippen LogP contribution in [0.4, 0.5) is 0 Å². The van der Waals surface area contributed by atoms with Crippen molar-refractivity contribution in [3.05, 3.63) is 18.2 Å². The number of phenolic OH excluding ortho intramolecular Hbond substituents is 1. The van der Waals surface area contributed by atoms with Crippen molar-refractivity contribution in [3.8, 4) is 17.2 Å². The first-order valence-corrected chi connectivity index (χ1v) is 4.92. The predicted octanol–water partition coefficient (Wildman–Crippen LogP) is 1.09. The fraction of sp³-hybridized carbons (Fsp3) is 0.455. The molecule has 1 saturated heterocycles. The van der Waals surface area contributed by atoms with Gasteiger partial charge in [-0.1, -0.05) is 6.07 Å². The topological polar surface area (TPSA) is 41.9 Å². The van der Waals surface area contributed by atoms with Crippen molar-refractivity contribution >= 4 is 0 Å². The van der Waals surface area contributed by atoms with Gasteiger partial charge in [-0.15, -0.1) is 0 Å². The highest BCUT2D eigenvalue weighted by Gasteiger charge is 2.26. The second-order valence-electron chi connectivity index (χ2n) is 3.77. The zero-order chi connectivity index (χ0) is 10.8. The molecule has 1 aliphatic heterocycles. The largest absolute Gasteiger partial charge is 0.504 e. The monoisotopic (exact) mass is 209 g/mol. The molecule has 15 heavy (non-hydrogen) atoms. The van der Waals surface area contributed by atoms with E-state index in [1.165, 1.54) is 0 Å². The summed E-state index contributed by atoms with van der Waals surface area (Å²) in [4.78, 5) is 2.15. The van der Waals surface area contributed by atoms with Crippen LogP contribution in [0.1, 0.15) is 0 Å². The van der Waals surface area contributed by atoms with Crippen LogP contribution in [0.3, 0.4) is 0 Å². The maximum Gasteiger partial charge on any atom is 0.203 e. The molecule has 2 rings (SSSR count). The van der Waals surface area contributed by atoms with E-state index < -0.39 is 0 Å². The Hall–Kier alpha value is -1.42. The standard InChI is InChI=1S/C11H15NO3/c1-12-6-8(7-12)15-11-9(13)4-3-5-10(11)14-2/h3-5,8,13H,6-7H2,1-2H3. The number of nitrogens with zero attached hydrogens (tertiary/aromatic N) is 1. The van der Waals surface area contributed by atoms with E-state index in [0.717, 1.165) is 13.1 Å². The van der Waals surface area contributed by atoms with E-state index in [4.69, 9.17) is 9.47 Å². The Morgan fingerprint density at radius 3 is 2.73 bits per heavy atom. The number of hydrogen-bond donors (Lipinski definition) is 1. The van der Waals surface area contributed by atoms with Crippen LogP contribution >= 0.6 is 0 Å². The number of rotatable bonds is 3. The summed E-state index contributed by atoms with van der Waals surface area (Å²) in [5, 5.41) is 9.64. The van der Waals surface area contributed by atoms with Gasteiger partial charge in [0, 0.05) is 13.1 Å². The van der Waals surface area contributed by atoms with Crippen LogP contribution in [-0.4, -0.2) is 43.4 Å². The molecule has 0 amide bonds. The molecule has 4 heteroatoms. The Morgan fingerprint density at radius 2 is 2.13 bits per heavy atom. The molecular weight excluding hydrogens is 194 g/mol. The van der Waals surface area contributed by atoms with Crippen LogP contribution in [0.5, 0.6) is 17.2 Å². The maximum absolute atomic E-state index is 9.64. The van der Waals surface area contributed by atoms with E-state index in [2.05, 4.69) is 4.90 Å². The third-order valence-electron chi connectivity index (χ3n) is 2.49. The molecule has 1 aromatic rings. The molecular formula is C11H15NO3. The minimum atomic E-state index is 0.129. The van der Waals surface area contributed by atoms with Gasteiger partial charge in [-0.25, -0.2) is 0 Å². The zero-order valence-electron chi connectivity index (χ0n) is 8.93. The van der Waals surface area contributed by atoms with Crippen molar-refractivity contribution < 1.29 is 14.6 Å². The van der Waals surface area contributed by atoms with Crippen LogP contribution in [0.2, 0.25) is 0 Å². The second-order valence-corrected chi connectivity index (χ2v) is 3.77. The molecule has 0 unspecified atom stereocenters. The highest BCUT2D eigenvalue weighted by molar-refractivity contribution is 5.50. The second kappa shape index (κ2) is 3.98. The van der Waals surface area contributed by atoms with Crippen LogP contribution in [0.25, 0.3) is 0 Å². The molecule has 1 aromatic carbocycles. The SMILES string of the molecule is COc1cccc(O)c1OC1CN(C)C1. The van der Waals surface area contributed by atoms with Crippen molar-refractivity contribution in [1.82, 2.24) is 4.90 Å². The minimum Gasteiger partial charge on any atom is -0.504 e. The fourth-order valence-corrected chi connectivity index (χ4v) is 1.67. The number of ether oxygens (including phenoxy) is 2. The van der Waals surface area contributed by atoms with Crippen LogP contribution in [0.15, 0.2) is 18.2 Å². The quantitative estimate of drug-likeness (QED) is 0.809. The third-order valence-corrected chi connectivity index (χ3v) is 2.49. The summed E-state index contributed by atoms with van der Waals surface area (Å²) in [6.07, 6.45) is 0.150. The molecule has 1 fully saturated rings. The Bertz CT molecular complexity index is 348. The molecule has 1 heterocycles. The van der Waals surface area contributed by atoms with Gasteiger partial charge in [-0.05, 0) is 19.2 Å². The number of phenols is 1. The van der Waals surface area contributed by atoms with E-state index >= 15 is 0 Å². The molecule has 4 nitrogen and oxygen atoms in total. The number of methoxy groups -OCH3 is 1. The third kappa shape index (κ3) is 1.99. The summed E-state index contributed by atoms with van der Waals surface area (Å²) in [6, 6.07) is 5.10. The smallest absolute Gasteiger partial charge is 0.203 e. The summed E-state index contributed by atoms with van der Waals surface area (Å²) >= 11 is 0. The minimum absolute atomic E-state index is 0.129. The van der Waals surface area contributed by atoms with E-state index in [1.807, 2.05) is 7.05 Å². The molecule has 0 spiro atoms. The van der Waals surface area contributed by atoms with Gasteiger partial charge >= 0.3 is 0 Å². The van der Waals surface area contributed by atoms with Gasteiger partial charge in [0.15, 0.2) is 11.5 Å². The molecule has 0 atom stereocenters. The Balaban J connectivity index is 2.12. The summed E-state index contributed by atoms with van der Waals surface area (Å²) in [5.41, 5.74) is 0. The normalized spacial score (nSPS) is 17.2. The van der Waals surface area contributed by atoms with E-state index in [1.54, 1.807) is 25.3 Å². The lowest BCUT2D eigenvalue weighted by molar-refractivity contribution is 0.0350. The predicted molar refractivity (Wildman–Crippen MR) is 56.6 cm³/mol. The Kier molecular flexibility index (Phi) is 2.68. The summed E-state index contributed by atoms with van der Waals surface area (Å²) in [5.74, 6) is 1.14. The summed E-state index contributed by atoms with van der Waals surface area (Å²) in [7, 11) is 3.59. The number of aromatic hydroxyl groups is 1. The lowest BCUT2D eigenvalue weighted by Crippen LogP contribution is -2.51. The van der Waals surface area contributed by atoms with E-state index in [0.29, 0.717) is 11.5 Å². The lowest BCUT2D eigenvalue weighted by atomic mass is 10.2. The molecule has 1 aliphatic rings. The van der Waals surface area contributed by atoms with Gasteiger partial charge in [0.2, 0.25) is 5.75 Å². The molecule has 0 radical (unpaired) electrons. The summed E-state index contributed by atoms with van der Waals surface area (Å²) < 4.78 is 10.8. The number of hydrogen-bond acceptors (Lipinski definition) is 4. The molecule has 82 valence electrons. The van der Waals surface area contributed by atoms with Gasteiger partial charge in [-0.3, -0.25) is 4.90 Å². The van der Waals surface area contributed by atoms with Gasteiger partial charge < -0.3 is 14.6 Å². The Labute approximate surface area is 89.0 Å². The first-order valence-electron chi connectivity index (χ1n) is 4.92. The molecule has 0 aromatic heterocycles. The summed E-state index contributed by atoms with van der Waals surface area (Å²) in [6.45, 7) is 1.77. The average molecular weight is 209 g/mol. The molecule has 0 bridgehead atoms.